The van der Waals surface area contributed by atoms with Crippen LogP contribution in [-0.2, 0) is 7.05 Å². The summed E-state index contributed by atoms with van der Waals surface area (Å²) in [6.07, 6.45) is 9.62. The van der Waals surface area contributed by atoms with Crippen LogP contribution in [0.15, 0.2) is 36.8 Å². The highest BCUT2D eigenvalue weighted by Gasteiger charge is 2.28. The summed E-state index contributed by atoms with van der Waals surface area (Å²) in [5.41, 5.74) is 1.69. The maximum Gasteiger partial charge on any atom is 0.254 e. The number of rotatable bonds is 2. The van der Waals surface area contributed by atoms with Crippen LogP contribution in [0, 0.1) is 0 Å². The molecular weight excluding hydrogens is 264 g/mol. The average molecular weight is 284 g/mol. The monoisotopic (exact) mass is 284 g/mol. The quantitative estimate of drug-likeness (QED) is 0.851. The fourth-order valence-electron chi connectivity index (χ4n) is 2.93. The van der Waals surface area contributed by atoms with E-state index in [0.717, 1.165) is 31.5 Å². The van der Waals surface area contributed by atoms with Gasteiger partial charge in [0.25, 0.3) is 5.91 Å². The normalized spacial score (nSPS) is 19.3. The van der Waals surface area contributed by atoms with Crippen molar-refractivity contribution in [1.82, 2.24) is 19.7 Å². The Morgan fingerprint density at radius 3 is 2.71 bits per heavy atom. The van der Waals surface area contributed by atoms with Crippen molar-refractivity contribution < 1.29 is 4.79 Å². The highest BCUT2D eigenvalue weighted by molar-refractivity contribution is 5.94. The third-order valence-electron chi connectivity index (χ3n) is 4.02. The number of amides is 1. The summed E-state index contributed by atoms with van der Waals surface area (Å²) in [4.78, 5) is 18.8. The molecule has 2 aromatic heterocycles. The summed E-state index contributed by atoms with van der Waals surface area (Å²) in [5.74, 6) is 0.0787. The van der Waals surface area contributed by atoms with Gasteiger partial charge in [0, 0.05) is 37.7 Å². The van der Waals surface area contributed by atoms with Crippen LogP contribution in [0.1, 0.15) is 47.8 Å². The first-order valence-corrected chi connectivity index (χ1v) is 7.46. The van der Waals surface area contributed by atoms with E-state index in [-0.39, 0.29) is 11.9 Å². The molecule has 0 spiro atoms. The molecule has 3 heterocycles. The molecule has 0 aliphatic carbocycles. The second-order valence-electron chi connectivity index (χ2n) is 5.51. The van der Waals surface area contributed by atoms with Gasteiger partial charge in [-0.15, -0.1) is 0 Å². The third-order valence-corrected chi connectivity index (χ3v) is 4.02. The van der Waals surface area contributed by atoms with E-state index in [1.165, 1.54) is 6.42 Å². The van der Waals surface area contributed by atoms with Gasteiger partial charge < -0.3 is 4.90 Å². The molecule has 2 aromatic rings. The lowest BCUT2D eigenvalue weighted by Crippen LogP contribution is -2.35. The molecule has 0 radical (unpaired) electrons. The van der Waals surface area contributed by atoms with Crippen LogP contribution >= 0.6 is 0 Å². The molecule has 110 valence electrons. The SMILES string of the molecule is Cn1ccc([C@H]2CCCCCN2C(=O)c2ccncc2)n1. The zero-order valence-electron chi connectivity index (χ0n) is 12.3. The number of carbonyl (C=O) groups excluding carboxylic acids is 1. The molecule has 21 heavy (non-hydrogen) atoms. The van der Waals surface area contributed by atoms with Crippen LogP contribution in [0.4, 0.5) is 0 Å². The standard InChI is InChI=1S/C16H20N4O/c1-19-12-8-14(18-19)15-5-3-2-4-11-20(15)16(21)13-6-9-17-10-7-13/h6-10,12,15H,2-5,11H2,1H3/t15-/m1/s1. The lowest BCUT2D eigenvalue weighted by molar-refractivity contribution is 0.0676. The first-order valence-electron chi connectivity index (χ1n) is 7.46. The predicted octanol–water partition coefficient (Wildman–Crippen LogP) is 2.57. The lowest BCUT2D eigenvalue weighted by Gasteiger charge is -2.29. The molecular formula is C16H20N4O. The number of nitrogens with zero attached hydrogens (tertiary/aromatic N) is 4. The fourth-order valence-corrected chi connectivity index (χ4v) is 2.93. The predicted molar refractivity (Wildman–Crippen MR) is 79.7 cm³/mol. The Hall–Kier alpha value is -2.17. The van der Waals surface area contributed by atoms with Crippen molar-refractivity contribution in [3.63, 3.8) is 0 Å². The highest BCUT2D eigenvalue weighted by atomic mass is 16.2. The number of pyridine rings is 1. The van der Waals surface area contributed by atoms with Crippen LogP contribution in [0.5, 0.6) is 0 Å². The fraction of sp³-hybridized carbons (Fsp3) is 0.438. The number of aryl methyl sites for hydroxylation is 1. The third kappa shape index (κ3) is 2.96. The molecule has 0 unspecified atom stereocenters. The van der Waals surface area contributed by atoms with E-state index >= 15 is 0 Å². The molecule has 3 rings (SSSR count). The molecule has 1 fully saturated rings. The van der Waals surface area contributed by atoms with Gasteiger partial charge in [0.1, 0.15) is 0 Å². The first-order chi connectivity index (χ1) is 10.3. The van der Waals surface area contributed by atoms with E-state index < -0.39 is 0 Å². The molecule has 1 atom stereocenters. The first kappa shape index (κ1) is 13.8. The molecule has 0 N–H and O–H groups in total. The number of hydrogen-bond acceptors (Lipinski definition) is 3. The van der Waals surface area contributed by atoms with Gasteiger partial charge in [-0.2, -0.15) is 5.10 Å². The molecule has 0 saturated carbocycles. The lowest BCUT2D eigenvalue weighted by atomic mass is 10.1. The summed E-state index contributed by atoms with van der Waals surface area (Å²) < 4.78 is 1.80. The smallest absolute Gasteiger partial charge is 0.254 e. The van der Waals surface area contributed by atoms with E-state index in [1.54, 1.807) is 29.2 Å². The maximum absolute atomic E-state index is 12.8. The molecule has 0 aromatic carbocycles. The molecule has 1 saturated heterocycles. The minimum absolute atomic E-state index is 0.0781. The van der Waals surface area contributed by atoms with Crippen LogP contribution in [0.25, 0.3) is 0 Å². The zero-order chi connectivity index (χ0) is 14.7. The molecule has 1 aliphatic heterocycles. The van der Waals surface area contributed by atoms with E-state index in [9.17, 15) is 4.79 Å². The highest BCUT2D eigenvalue weighted by Crippen LogP contribution is 2.30. The summed E-state index contributed by atoms with van der Waals surface area (Å²) in [7, 11) is 1.91. The van der Waals surface area contributed by atoms with E-state index in [4.69, 9.17) is 0 Å². The van der Waals surface area contributed by atoms with Gasteiger partial charge in [0.2, 0.25) is 0 Å². The van der Waals surface area contributed by atoms with Crippen LogP contribution in [0.2, 0.25) is 0 Å². The molecule has 0 bridgehead atoms. The Bertz CT molecular complexity index is 608. The van der Waals surface area contributed by atoms with E-state index in [1.807, 2.05) is 24.2 Å². The van der Waals surface area contributed by atoms with Crippen molar-refractivity contribution in [3.05, 3.63) is 48.0 Å². The second kappa shape index (κ2) is 6.08. The van der Waals surface area contributed by atoms with E-state index in [2.05, 4.69) is 10.1 Å². The van der Waals surface area contributed by atoms with Crippen molar-refractivity contribution in [3.8, 4) is 0 Å². The number of hydrogen-bond donors (Lipinski definition) is 0. The Balaban J connectivity index is 1.90. The molecule has 1 aliphatic rings. The number of aromatic nitrogens is 3. The summed E-state index contributed by atoms with van der Waals surface area (Å²) in [5, 5.41) is 4.51. The Kier molecular flexibility index (Phi) is 3.99. The Morgan fingerprint density at radius 2 is 2.00 bits per heavy atom. The van der Waals surface area contributed by atoms with Gasteiger partial charge in [-0.3, -0.25) is 14.5 Å². The van der Waals surface area contributed by atoms with Crippen molar-refractivity contribution in [2.24, 2.45) is 7.05 Å². The number of likely N-dealkylation sites (tertiary alicyclic amines) is 1. The van der Waals surface area contributed by atoms with Crippen molar-refractivity contribution in [2.45, 2.75) is 31.7 Å². The van der Waals surface area contributed by atoms with Crippen LogP contribution in [0.3, 0.4) is 0 Å². The average Bonchev–Trinajstić information content (AvgIpc) is 2.80. The minimum atomic E-state index is 0.0781. The maximum atomic E-state index is 12.8. The molecule has 5 nitrogen and oxygen atoms in total. The van der Waals surface area contributed by atoms with Crippen molar-refractivity contribution in [2.75, 3.05) is 6.54 Å². The van der Waals surface area contributed by atoms with Gasteiger partial charge >= 0.3 is 0 Å². The second-order valence-corrected chi connectivity index (χ2v) is 5.51. The summed E-state index contributed by atoms with van der Waals surface area (Å²) in [6.45, 7) is 0.794. The molecule has 1 amide bonds. The van der Waals surface area contributed by atoms with Gasteiger partial charge in [-0.05, 0) is 31.0 Å². The Morgan fingerprint density at radius 1 is 1.19 bits per heavy atom. The topological polar surface area (TPSA) is 51.0 Å². The van der Waals surface area contributed by atoms with E-state index in [0.29, 0.717) is 5.56 Å². The van der Waals surface area contributed by atoms with Crippen molar-refractivity contribution >= 4 is 5.91 Å². The number of carbonyl (C=O) groups is 1. The Labute approximate surface area is 124 Å². The largest absolute Gasteiger partial charge is 0.330 e. The minimum Gasteiger partial charge on any atom is -0.330 e. The van der Waals surface area contributed by atoms with Gasteiger partial charge in [-0.25, -0.2) is 0 Å². The van der Waals surface area contributed by atoms with Crippen LogP contribution in [-0.4, -0.2) is 32.1 Å². The van der Waals surface area contributed by atoms with Crippen molar-refractivity contribution in [1.29, 1.82) is 0 Å². The molecule has 5 heteroatoms. The van der Waals surface area contributed by atoms with Gasteiger partial charge in [0.15, 0.2) is 0 Å². The van der Waals surface area contributed by atoms with Crippen LogP contribution < -0.4 is 0 Å². The zero-order valence-corrected chi connectivity index (χ0v) is 12.3. The summed E-state index contributed by atoms with van der Waals surface area (Å²) >= 11 is 0. The summed E-state index contributed by atoms with van der Waals surface area (Å²) in [6, 6.07) is 5.66. The van der Waals surface area contributed by atoms with Gasteiger partial charge in [-0.1, -0.05) is 12.8 Å². The van der Waals surface area contributed by atoms with Gasteiger partial charge in [0.05, 0.1) is 11.7 Å².